The largest absolute Gasteiger partial charge is 0.352 e. The van der Waals surface area contributed by atoms with E-state index in [1.165, 1.54) is 12.1 Å². The first-order chi connectivity index (χ1) is 15.5. The molecule has 0 bridgehead atoms. The molecule has 0 aliphatic rings. The minimum atomic E-state index is -0.315. The number of aromatic nitrogens is 2. The van der Waals surface area contributed by atoms with Gasteiger partial charge in [-0.05, 0) is 42.3 Å². The number of amides is 1. The van der Waals surface area contributed by atoms with Crippen LogP contribution in [0.1, 0.15) is 28.8 Å². The van der Waals surface area contributed by atoms with Crippen molar-refractivity contribution in [3.8, 4) is 0 Å². The zero-order valence-corrected chi connectivity index (χ0v) is 17.8. The van der Waals surface area contributed by atoms with Gasteiger partial charge in [0.15, 0.2) is 0 Å². The van der Waals surface area contributed by atoms with Crippen LogP contribution in [0.5, 0.6) is 0 Å². The fourth-order valence-corrected chi connectivity index (χ4v) is 3.56. The minimum absolute atomic E-state index is 0.145. The van der Waals surface area contributed by atoms with Gasteiger partial charge in [-0.3, -0.25) is 9.59 Å². The highest BCUT2D eigenvalue weighted by Crippen LogP contribution is 2.13. The summed E-state index contributed by atoms with van der Waals surface area (Å²) in [6, 6.07) is 21.6. The number of hydrogen-bond donors (Lipinski definition) is 1. The summed E-state index contributed by atoms with van der Waals surface area (Å²) in [5.41, 5.74) is 4.67. The lowest BCUT2D eigenvalue weighted by Crippen LogP contribution is -2.28. The van der Waals surface area contributed by atoms with Crippen LogP contribution in [0, 0.1) is 12.7 Å². The lowest BCUT2D eigenvalue weighted by atomic mass is 10.1. The van der Waals surface area contributed by atoms with E-state index in [2.05, 4.69) is 10.3 Å². The number of aryl methyl sites for hydroxylation is 2. The minimum Gasteiger partial charge on any atom is -0.352 e. The Balaban J connectivity index is 1.51. The van der Waals surface area contributed by atoms with E-state index in [0.717, 1.165) is 27.7 Å². The van der Waals surface area contributed by atoms with Gasteiger partial charge in [0.25, 0.3) is 5.56 Å². The maximum atomic E-state index is 13.2. The van der Waals surface area contributed by atoms with Crippen molar-refractivity contribution in [2.45, 2.75) is 32.9 Å². The Morgan fingerprint density at radius 2 is 1.66 bits per heavy atom. The highest BCUT2D eigenvalue weighted by atomic mass is 19.1. The van der Waals surface area contributed by atoms with Crippen LogP contribution in [0.15, 0.2) is 77.6 Å². The van der Waals surface area contributed by atoms with E-state index in [-0.39, 0.29) is 30.1 Å². The van der Waals surface area contributed by atoms with Crippen molar-refractivity contribution in [3.63, 3.8) is 0 Å². The summed E-state index contributed by atoms with van der Waals surface area (Å²) in [5, 5.41) is 2.81. The van der Waals surface area contributed by atoms with Crippen molar-refractivity contribution in [2.24, 2.45) is 0 Å². The number of halogens is 1. The zero-order chi connectivity index (χ0) is 22.5. The van der Waals surface area contributed by atoms with Crippen LogP contribution in [-0.4, -0.2) is 15.5 Å². The molecule has 6 heteroatoms. The SMILES string of the molecule is Cc1ccc(Cn2c(=O)c(CCC(=O)NCc3ccc(F)cc3)nc3ccccc32)cc1. The van der Waals surface area contributed by atoms with Gasteiger partial charge in [0.2, 0.25) is 5.91 Å². The molecule has 0 saturated carbocycles. The molecule has 0 fully saturated rings. The van der Waals surface area contributed by atoms with Crippen LogP contribution in [0.25, 0.3) is 11.0 Å². The fourth-order valence-electron chi connectivity index (χ4n) is 3.56. The molecule has 1 aromatic heterocycles. The molecule has 5 nitrogen and oxygen atoms in total. The van der Waals surface area contributed by atoms with Gasteiger partial charge in [-0.25, -0.2) is 9.37 Å². The second-order valence-corrected chi connectivity index (χ2v) is 7.83. The highest BCUT2D eigenvalue weighted by molar-refractivity contribution is 5.77. The molecule has 32 heavy (non-hydrogen) atoms. The molecule has 1 N–H and O–H groups in total. The predicted octanol–water partition coefficient (Wildman–Crippen LogP) is 4.14. The summed E-state index contributed by atoms with van der Waals surface area (Å²) in [6.07, 6.45) is 0.388. The Morgan fingerprint density at radius 1 is 0.969 bits per heavy atom. The number of hydrogen-bond acceptors (Lipinski definition) is 3. The molecule has 0 atom stereocenters. The van der Waals surface area contributed by atoms with Crippen molar-refractivity contribution in [1.82, 2.24) is 14.9 Å². The third kappa shape index (κ3) is 5.09. The molecular weight excluding hydrogens is 405 g/mol. The molecule has 162 valence electrons. The molecule has 4 rings (SSSR count). The monoisotopic (exact) mass is 429 g/mol. The second-order valence-electron chi connectivity index (χ2n) is 7.83. The van der Waals surface area contributed by atoms with Crippen LogP contribution in [0.2, 0.25) is 0 Å². The second kappa shape index (κ2) is 9.56. The maximum Gasteiger partial charge on any atom is 0.273 e. The van der Waals surface area contributed by atoms with Crippen molar-refractivity contribution in [3.05, 3.63) is 111 Å². The van der Waals surface area contributed by atoms with Crippen LogP contribution in [0.4, 0.5) is 4.39 Å². The lowest BCUT2D eigenvalue weighted by Gasteiger charge is -2.13. The predicted molar refractivity (Wildman–Crippen MR) is 123 cm³/mol. The number of carbonyl (C=O) groups is 1. The highest BCUT2D eigenvalue weighted by Gasteiger charge is 2.13. The van der Waals surface area contributed by atoms with Crippen molar-refractivity contribution < 1.29 is 9.18 Å². The van der Waals surface area contributed by atoms with E-state index in [4.69, 9.17) is 0 Å². The summed E-state index contributed by atoms with van der Waals surface area (Å²) < 4.78 is 14.7. The first-order valence-electron chi connectivity index (χ1n) is 10.5. The number of para-hydroxylation sites is 2. The molecule has 0 spiro atoms. The summed E-state index contributed by atoms with van der Waals surface area (Å²) in [4.78, 5) is 30.1. The quantitative estimate of drug-likeness (QED) is 0.480. The van der Waals surface area contributed by atoms with Gasteiger partial charge in [0, 0.05) is 19.4 Å². The maximum absolute atomic E-state index is 13.2. The standard InChI is InChI=1S/C26H24FN3O2/c1-18-6-8-20(9-7-18)17-30-24-5-3-2-4-22(24)29-23(26(30)32)14-15-25(31)28-16-19-10-12-21(27)13-11-19/h2-13H,14-17H2,1H3,(H,28,31). The normalized spacial score (nSPS) is 10.9. The average molecular weight is 429 g/mol. The Labute approximate surface area is 185 Å². The molecule has 3 aromatic carbocycles. The lowest BCUT2D eigenvalue weighted by molar-refractivity contribution is -0.121. The average Bonchev–Trinajstić information content (AvgIpc) is 2.80. The fraction of sp³-hybridized carbons (Fsp3) is 0.192. The van der Waals surface area contributed by atoms with Gasteiger partial charge in [0.1, 0.15) is 11.5 Å². The van der Waals surface area contributed by atoms with Crippen LogP contribution < -0.4 is 10.9 Å². The van der Waals surface area contributed by atoms with E-state index >= 15 is 0 Å². The van der Waals surface area contributed by atoms with Crippen molar-refractivity contribution in [2.75, 3.05) is 0 Å². The summed E-state index contributed by atoms with van der Waals surface area (Å²) in [6.45, 7) is 2.77. The summed E-state index contributed by atoms with van der Waals surface area (Å²) >= 11 is 0. The topological polar surface area (TPSA) is 64.0 Å². The van der Waals surface area contributed by atoms with Gasteiger partial charge in [0.05, 0.1) is 17.6 Å². The zero-order valence-electron chi connectivity index (χ0n) is 17.8. The van der Waals surface area contributed by atoms with Crippen LogP contribution >= 0.6 is 0 Å². The van der Waals surface area contributed by atoms with E-state index in [1.807, 2.05) is 55.5 Å². The molecule has 1 amide bonds. The van der Waals surface area contributed by atoms with Crippen LogP contribution in [0.3, 0.4) is 0 Å². The number of rotatable bonds is 7. The number of fused-ring (bicyclic) bond motifs is 1. The Bertz CT molecular complexity index is 1300. The van der Waals surface area contributed by atoms with Gasteiger partial charge in [-0.2, -0.15) is 0 Å². The first kappa shape index (κ1) is 21.4. The Morgan fingerprint density at radius 3 is 2.41 bits per heavy atom. The molecule has 0 unspecified atom stereocenters. The van der Waals surface area contributed by atoms with E-state index < -0.39 is 0 Å². The first-order valence-corrected chi connectivity index (χ1v) is 10.5. The van der Waals surface area contributed by atoms with Crippen LogP contribution in [-0.2, 0) is 24.3 Å². The van der Waals surface area contributed by atoms with Gasteiger partial charge in [-0.15, -0.1) is 0 Å². The number of benzene rings is 3. The summed E-state index contributed by atoms with van der Waals surface area (Å²) in [7, 11) is 0. The number of carbonyl (C=O) groups excluding carboxylic acids is 1. The molecule has 0 radical (unpaired) electrons. The number of nitrogens with one attached hydrogen (secondary N) is 1. The number of nitrogens with zero attached hydrogens (tertiary/aromatic N) is 2. The third-order valence-corrected chi connectivity index (χ3v) is 5.37. The molecule has 0 saturated heterocycles. The van der Waals surface area contributed by atoms with Gasteiger partial charge < -0.3 is 9.88 Å². The summed E-state index contributed by atoms with van der Waals surface area (Å²) in [5.74, 6) is -0.502. The van der Waals surface area contributed by atoms with E-state index in [1.54, 1.807) is 16.7 Å². The van der Waals surface area contributed by atoms with Crippen molar-refractivity contribution >= 4 is 16.9 Å². The van der Waals surface area contributed by atoms with E-state index in [0.29, 0.717) is 18.8 Å². The Hall–Kier alpha value is -3.80. The molecule has 1 heterocycles. The van der Waals surface area contributed by atoms with Gasteiger partial charge >= 0.3 is 0 Å². The Kier molecular flexibility index (Phi) is 6.40. The van der Waals surface area contributed by atoms with Crippen molar-refractivity contribution in [1.29, 1.82) is 0 Å². The smallest absolute Gasteiger partial charge is 0.273 e. The van der Waals surface area contributed by atoms with E-state index in [9.17, 15) is 14.0 Å². The molecule has 0 aliphatic heterocycles. The van der Waals surface area contributed by atoms with Gasteiger partial charge in [-0.1, -0.05) is 54.1 Å². The molecule has 0 aliphatic carbocycles. The molecule has 4 aromatic rings. The third-order valence-electron chi connectivity index (χ3n) is 5.37. The molecular formula is C26H24FN3O2.